The third kappa shape index (κ3) is 9.68. The van der Waals surface area contributed by atoms with E-state index in [1.54, 1.807) is 18.4 Å². The molecule has 3 unspecified atom stereocenters. The Hall–Kier alpha value is -2.83. The zero-order valence-corrected chi connectivity index (χ0v) is 17.9. The number of phenols is 1. The molecular formula is C19H28N4O7S. The molecule has 0 aromatic heterocycles. The summed E-state index contributed by atoms with van der Waals surface area (Å²) in [7, 11) is 0. The molecule has 3 amide bonds. The molecule has 172 valence electrons. The first-order valence-electron chi connectivity index (χ1n) is 9.41. The Bertz CT molecular complexity index is 760. The van der Waals surface area contributed by atoms with Crippen LogP contribution >= 0.6 is 11.8 Å². The van der Waals surface area contributed by atoms with Gasteiger partial charge in [0.25, 0.3) is 0 Å². The van der Waals surface area contributed by atoms with Gasteiger partial charge in [-0.3, -0.25) is 14.4 Å². The molecule has 0 aliphatic rings. The fourth-order valence-corrected chi connectivity index (χ4v) is 2.95. The van der Waals surface area contributed by atoms with Crippen molar-refractivity contribution < 1.29 is 34.5 Å². The summed E-state index contributed by atoms with van der Waals surface area (Å²) >= 11 is 1.43. The molecular weight excluding hydrogens is 428 g/mol. The standard InChI is InChI=1S/C19H28N4O7S/c1-31-7-6-14(19(29)30)22-16(26)9-21-18(28)15(10-24)23-17(27)13(20)8-11-2-4-12(25)5-3-11/h2-5,13-15,24-25H,6-10,20H2,1H3,(H,21,28)(H,22,26)(H,23,27)(H,29,30). The maximum absolute atomic E-state index is 12.2. The van der Waals surface area contributed by atoms with Gasteiger partial charge in [0.1, 0.15) is 17.8 Å². The first kappa shape index (κ1) is 26.2. The van der Waals surface area contributed by atoms with Crippen LogP contribution in [0.15, 0.2) is 24.3 Å². The summed E-state index contributed by atoms with van der Waals surface area (Å²) in [5.74, 6) is -2.80. The maximum atomic E-state index is 12.2. The highest BCUT2D eigenvalue weighted by atomic mass is 32.2. The molecule has 8 N–H and O–H groups in total. The number of phenolic OH excluding ortho intramolecular Hbond substituents is 1. The molecule has 0 saturated heterocycles. The minimum Gasteiger partial charge on any atom is -0.508 e. The molecule has 0 aliphatic carbocycles. The summed E-state index contributed by atoms with van der Waals surface area (Å²) in [5.41, 5.74) is 6.52. The molecule has 0 spiro atoms. The second-order valence-electron chi connectivity index (χ2n) is 6.68. The number of thioether (sulfide) groups is 1. The van der Waals surface area contributed by atoms with Crippen molar-refractivity contribution in [2.75, 3.05) is 25.2 Å². The van der Waals surface area contributed by atoms with Gasteiger partial charge in [0.05, 0.1) is 19.2 Å². The summed E-state index contributed by atoms with van der Waals surface area (Å²) in [5, 5.41) is 34.6. The van der Waals surface area contributed by atoms with E-state index in [1.165, 1.54) is 23.9 Å². The number of carbonyl (C=O) groups excluding carboxylic acids is 3. The Morgan fingerprint density at radius 3 is 2.26 bits per heavy atom. The number of carboxylic acids is 1. The number of aliphatic hydroxyl groups excluding tert-OH is 1. The first-order valence-corrected chi connectivity index (χ1v) is 10.8. The monoisotopic (exact) mass is 456 g/mol. The largest absolute Gasteiger partial charge is 0.508 e. The van der Waals surface area contributed by atoms with Crippen LogP contribution in [-0.2, 0) is 25.6 Å². The van der Waals surface area contributed by atoms with Gasteiger partial charge in [0, 0.05) is 0 Å². The highest BCUT2D eigenvalue weighted by molar-refractivity contribution is 7.98. The minimum atomic E-state index is -1.34. The van der Waals surface area contributed by atoms with E-state index in [1.807, 2.05) is 0 Å². The van der Waals surface area contributed by atoms with Crippen LogP contribution < -0.4 is 21.7 Å². The van der Waals surface area contributed by atoms with Gasteiger partial charge in [0.2, 0.25) is 17.7 Å². The van der Waals surface area contributed by atoms with E-state index in [2.05, 4.69) is 16.0 Å². The van der Waals surface area contributed by atoms with Crippen molar-refractivity contribution in [1.29, 1.82) is 0 Å². The van der Waals surface area contributed by atoms with Crippen molar-refractivity contribution >= 4 is 35.5 Å². The third-order valence-corrected chi connectivity index (χ3v) is 4.86. The highest BCUT2D eigenvalue weighted by Crippen LogP contribution is 2.11. The van der Waals surface area contributed by atoms with Crippen LogP contribution in [-0.4, -0.2) is 82.3 Å². The van der Waals surface area contributed by atoms with Crippen LogP contribution in [0.4, 0.5) is 0 Å². The fourth-order valence-electron chi connectivity index (χ4n) is 2.48. The summed E-state index contributed by atoms with van der Waals surface area (Å²) in [6.45, 7) is -1.25. The number of aliphatic carboxylic acids is 1. The van der Waals surface area contributed by atoms with Crippen LogP contribution in [0.1, 0.15) is 12.0 Å². The Morgan fingerprint density at radius 1 is 1.06 bits per heavy atom. The van der Waals surface area contributed by atoms with Crippen LogP contribution in [0.5, 0.6) is 5.75 Å². The van der Waals surface area contributed by atoms with Gasteiger partial charge in [-0.2, -0.15) is 11.8 Å². The average molecular weight is 457 g/mol. The molecule has 0 saturated carbocycles. The summed E-state index contributed by atoms with van der Waals surface area (Å²) in [6, 6.07) is 2.67. The van der Waals surface area contributed by atoms with Gasteiger partial charge in [-0.1, -0.05) is 12.1 Å². The van der Waals surface area contributed by atoms with Gasteiger partial charge in [-0.05, 0) is 42.5 Å². The van der Waals surface area contributed by atoms with Crippen LogP contribution in [0, 0.1) is 0 Å². The van der Waals surface area contributed by atoms with E-state index in [0.717, 1.165) is 0 Å². The van der Waals surface area contributed by atoms with Crippen LogP contribution in [0.2, 0.25) is 0 Å². The molecule has 11 nitrogen and oxygen atoms in total. The zero-order chi connectivity index (χ0) is 23.4. The van der Waals surface area contributed by atoms with E-state index < -0.39 is 55.0 Å². The highest BCUT2D eigenvalue weighted by Gasteiger charge is 2.24. The number of nitrogens with two attached hydrogens (primary N) is 1. The molecule has 0 bridgehead atoms. The number of carbonyl (C=O) groups is 4. The average Bonchev–Trinajstić information content (AvgIpc) is 2.74. The number of nitrogens with one attached hydrogen (secondary N) is 3. The lowest BCUT2D eigenvalue weighted by Crippen LogP contribution is -2.55. The fraction of sp³-hybridized carbons (Fsp3) is 0.474. The van der Waals surface area contributed by atoms with Crippen molar-refractivity contribution in [3.63, 3.8) is 0 Å². The number of aliphatic hydroxyl groups is 1. The van der Waals surface area contributed by atoms with E-state index in [-0.39, 0.29) is 18.6 Å². The van der Waals surface area contributed by atoms with Gasteiger partial charge in [-0.25, -0.2) is 4.79 Å². The lowest BCUT2D eigenvalue weighted by Gasteiger charge is -2.19. The Labute approximate surface area is 183 Å². The predicted molar refractivity (Wildman–Crippen MR) is 114 cm³/mol. The molecule has 3 atom stereocenters. The number of carboxylic acid groups (broad SMARTS) is 1. The summed E-state index contributed by atoms with van der Waals surface area (Å²) in [4.78, 5) is 47.5. The molecule has 0 aliphatic heterocycles. The van der Waals surface area contributed by atoms with Crippen molar-refractivity contribution in [2.24, 2.45) is 5.73 Å². The molecule has 0 radical (unpaired) electrons. The van der Waals surface area contributed by atoms with E-state index in [9.17, 15) is 29.4 Å². The predicted octanol–water partition coefficient (Wildman–Crippen LogP) is -1.82. The van der Waals surface area contributed by atoms with Gasteiger partial charge >= 0.3 is 5.97 Å². The number of amides is 3. The molecule has 0 fully saturated rings. The molecule has 0 heterocycles. The van der Waals surface area contributed by atoms with E-state index >= 15 is 0 Å². The van der Waals surface area contributed by atoms with Crippen molar-refractivity contribution in [3.05, 3.63) is 29.8 Å². The SMILES string of the molecule is CSCCC(NC(=O)CNC(=O)C(CO)NC(=O)C(N)Cc1ccc(O)cc1)C(=O)O. The molecule has 31 heavy (non-hydrogen) atoms. The van der Waals surface area contributed by atoms with Crippen LogP contribution in [0.3, 0.4) is 0 Å². The summed E-state index contributed by atoms with van der Waals surface area (Å²) in [6.07, 6.45) is 2.17. The second kappa shape index (κ2) is 13.5. The molecule has 1 aromatic rings. The number of aromatic hydroxyl groups is 1. The van der Waals surface area contributed by atoms with Crippen molar-refractivity contribution in [3.8, 4) is 5.75 Å². The quantitative estimate of drug-likeness (QED) is 0.179. The molecule has 12 heteroatoms. The number of rotatable bonds is 13. The van der Waals surface area contributed by atoms with Gasteiger partial charge in [0.15, 0.2) is 0 Å². The molecule has 1 rings (SSSR count). The van der Waals surface area contributed by atoms with E-state index in [4.69, 9.17) is 10.8 Å². The van der Waals surface area contributed by atoms with Crippen molar-refractivity contribution in [2.45, 2.75) is 31.0 Å². The first-order chi connectivity index (χ1) is 14.7. The Morgan fingerprint density at radius 2 is 1.71 bits per heavy atom. The normalized spacial score (nSPS) is 13.5. The van der Waals surface area contributed by atoms with Crippen molar-refractivity contribution in [1.82, 2.24) is 16.0 Å². The van der Waals surface area contributed by atoms with Gasteiger partial charge < -0.3 is 37.0 Å². The Kier molecular flexibility index (Phi) is 11.4. The Balaban J connectivity index is 2.52. The maximum Gasteiger partial charge on any atom is 0.326 e. The lowest BCUT2D eigenvalue weighted by atomic mass is 10.1. The second-order valence-corrected chi connectivity index (χ2v) is 7.66. The van der Waals surface area contributed by atoms with E-state index in [0.29, 0.717) is 11.3 Å². The number of benzene rings is 1. The topological polar surface area (TPSA) is 191 Å². The number of hydrogen-bond donors (Lipinski definition) is 7. The summed E-state index contributed by atoms with van der Waals surface area (Å²) < 4.78 is 0. The lowest BCUT2D eigenvalue weighted by molar-refractivity contribution is -0.141. The smallest absolute Gasteiger partial charge is 0.326 e. The third-order valence-electron chi connectivity index (χ3n) is 4.21. The minimum absolute atomic E-state index is 0.0711. The van der Waals surface area contributed by atoms with Crippen LogP contribution in [0.25, 0.3) is 0 Å². The zero-order valence-electron chi connectivity index (χ0n) is 17.0. The number of hydrogen-bond acceptors (Lipinski definition) is 8. The molecule has 1 aromatic carbocycles. The van der Waals surface area contributed by atoms with Gasteiger partial charge in [-0.15, -0.1) is 0 Å².